The highest BCUT2D eigenvalue weighted by Crippen LogP contribution is 2.31. The van der Waals surface area contributed by atoms with Crippen LogP contribution in [0.4, 0.5) is 5.69 Å². The summed E-state index contributed by atoms with van der Waals surface area (Å²) in [7, 11) is 0. The molecule has 0 heterocycles. The Morgan fingerprint density at radius 2 is 2.21 bits per heavy atom. The third-order valence-corrected chi connectivity index (χ3v) is 3.57. The van der Waals surface area contributed by atoms with E-state index in [-0.39, 0.29) is 17.2 Å². The molecule has 1 aliphatic rings. The van der Waals surface area contributed by atoms with Gasteiger partial charge < -0.3 is 4.74 Å². The molecule has 1 aliphatic carbocycles. The SMILES string of the molecule is CC(=O)c1ccc(OCCC2CCC2)c([N+](=O)[O-])c1. The molecule has 0 unspecified atom stereocenters. The van der Waals surface area contributed by atoms with E-state index in [4.69, 9.17) is 4.74 Å². The molecule has 1 fully saturated rings. The third-order valence-electron chi connectivity index (χ3n) is 3.57. The Balaban J connectivity index is 2.05. The molecule has 5 nitrogen and oxygen atoms in total. The number of nitro groups is 1. The Morgan fingerprint density at radius 3 is 2.74 bits per heavy atom. The fraction of sp³-hybridized carbons (Fsp3) is 0.500. The summed E-state index contributed by atoms with van der Waals surface area (Å²) in [5.41, 5.74) is 0.194. The largest absolute Gasteiger partial charge is 0.487 e. The molecule has 1 aromatic rings. The van der Waals surface area contributed by atoms with Crippen molar-refractivity contribution >= 4 is 11.5 Å². The number of hydrogen-bond donors (Lipinski definition) is 0. The van der Waals surface area contributed by atoms with Gasteiger partial charge in [-0.3, -0.25) is 14.9 Å². The van der Waals surface area contributed by atoms with E-state index in [2.05, 4.69) is 0 Å². The molecule has 0 atom stereocenters. The molecule has 1 aromatic carbocycles. The molecule has 0 amide bonds. The summed E-state index contributed by atoms with van der Waals surface area (Å²) in [6.07, 6.45) is 4.67. The summed E-state index contributed by atoms with van der Waals surface area (Å²) < 4.78 is 5.49. The minimum absolute atomic E-state index is 0.138. The first-order chi connectivity index (χ1) is 9.08. The third kappa shape index (κ3) is 3.30. The van der Waals surface area contributed by atoms with E-state index in [1.54, 1.807) is 6.07 Å². The number of carbonyl (C=O) groups excluding carboxylic acids is 1. The number of rotatable bonds is 6. The molecule has 19 heavy (non-hydrogen) atoms. The molecule has 1 saturated carbocycles. The van der Waals surface area contributed by atoms with Crippen molar-refractivity contribution in [2.75, 3.05) is 6.61 Å². The molecule has 0 N–H and O–H groups in total. The zero-order valence-electron chi connectivity index (χ0n) is 10.9. The molecular weight excluding hydrogens is 246 g/mol. The van der Waals surface area contributed by atoms with Gasteiger partial charge in [0.15, 0.2) is 11.5 Å². The molecule has 5 heteroatoms. The minimum Gasteiger partial charge on any atom is -0.487 e. The van der Waals surface area contributed by atoms with E-state index in [9.17, 15) is 14.9 Å². The van der Waals surface area contributed by atoms with Gasteiger partial charge in [0.2, 0.25) is 0 Å². The van der Waals surface area contributed by atoms with E-state index in [0.29, 0.717) is 18.1 Å². The maximum absolute atomic E-state index is 11.2. The standard InChI is InChI=1S/C14H17NO4/c1-10(16)12-5-6-14(13(9-12)15(17)18)19-8-7-11-3-2-4-11/h5-6,9,11H,2-4,7-8H2,1H3. The summed E-state index contributed by atoms with van der Waals surface area (Å²) in [6.45, 7) is 1.88. The van der Waals surface area contributed by atoms with Gasteiger partial charge in [-0.25, -0.2) is 0 Å². The predicted molar refractivity (Wildman–Crippen MR) is 70.6 cm³/mol. The van der Waals surface area contributed by atoms with Crippen LogP contribution in [-0.2, 0) is 0 Å². The van der Waals surface area contributed by atoms with Gasteiger partial charge in [-0.2, -0.15) is 0 Å². The van der Waals surface area contributed by atoms with Gasteiger partial charge in [0, 0.05) is 11.6 Å². The molecular formula is C14H17NO4. The van der Waals surface area contributed by atoms with Crippen LogP contribution in [0.15, 0.2) is 18.2 Å². The van der Waals surface area contributed by atoms with Crippen LogP contribution in [-0.4, -0.2) is 17.3 Å². The summed E-state index contributed by atoms with van der Waals surface area (Å²) in [5.74, 6) is 0.758. The van der Waals surface area contributed by atoms with Crippen molar-refractivity contribution in [3.05, 3.63) is 33.9 Å². The first kappa shape index (κ1) is 13.5. The molecule has 0 bridgehead atoms. The second-order valence-electron chi connectivity index (χ2n) is 4.93. The van der Waals surface area contributed by atoms with E-state index < -0.39 is 4.92 Å². The van der Waals surface area contributed by atoms with Crippen molar-refractivity contribution in [2.45, 2.75) is 32.6 Å². The monoisotopic (exact) mass is 263 g/mol. The number of carbonyl (C=O) groups is 1. The molecule has 102 valence electrons. The van der Waals surface area contributed by atoms with Crippen LogP contribution in [0.3, 0.4) is 0 Å². The molecule has 0 aliphatic heterocycles. The van der Waals surface area contributed by atoms with Crippen LogP contribution in [0.2, 0.25) is 0 Å². The van der Waals surface area contributed by atoms with Crippen LogP contribution in [0.25, 0.3) is 0 Å². The maximum Gasteiger partial charge on any atom is 0.311 e. The van der Waals surface area contributed by atoms with Gasteiger partial charge in [-0.15, -0.1) is 0 Å². The van der Waals surface area contributed by atoms with Crippen LogP contribution < -0.4 is 4.74 Å². The first-order valence-electron chi connectivity index (χ1n) is 6.50. The van der Waals surface area contributed by atoms with Crippen molar-refractivity contribution in [2.24, 2.45) is 5.92 Å². The van der Waals surface area contributed by atoms with Gasteiger partial charge in [-0.1, -0.05) is 19.3 Å². The second-order valence-corrected chi connectivity index (χ2v) is 4.93. The highest BCUT2D eigenvalue weighted by Gasteiger charge is 2.20. The zero-order chi connectivity index (χ0) is 13.8. The van der Waals surface area contributed by atoms with E-state index >= 15 is 0 Å². The number of nitrogens with zero attached hydrogens (tertiary/aromatic N) is 1. The van der Waals surface area contributed by atoms with E-state index in [1.807, 2.05) is 0 Å². The first-order valence-corrected chi connectivity index (χ1v) is 6.50. The summed E-state index contributed by atoms with van der Waals surface area (Å²) in [5, 5.41) is 11.0. The van der Waals surface area contributed by atoms with Crippen LogP contribution in [0.5, 0.6) is 5.75 Å². The highest BCUT2D eigenvalue weighted by atomic mass is 16.6. The fourth-order valence-corrected chi connectivity index (χ4v) is 2.12. The summed E-state index contributed by atoms with van der Waals surface area (Å²) in [4.78, 5) is 21.7. The Morgan fingerprint density at radius 1 is 1.47 bits per heavy atom. The van der Waals surface area contributed by atoms with E-state index in [1.165, 1.54) is 38.3 Å². The molecule has 0 radical (unpaired) electrons. The lowest BCUT2D eigenvalue weighted by Crippen LogP contribution is -2.14. The average molecular weight is 263 g/mol. The highest BCUT2D eigenvalue weighted by molar-refractivity contribution is 5.95. The predicted octanol–water partition coefficient (Wildman–Crippen LogP) is 3.37. The van der Waals surface area contributed by atoms with Gasteiger partial charge in [-0.05, 0) is 31.4 Å². The number of benzene rings is 1. The number of ether oxygens (including phenoxy) is 1. The van der Waals surface area contributed by atoms with Crippen LogP contribution in [0.1, 0.15) is 43.0 Å². The number of Topliss-reactive ketones (excluding diaryl/α,β-unsaturated/α-hetero) is 1. The quantitative estimate of drug-likeness (QED) is 0.448. The Bertz CT molecular complexity index is 494. The topological polar surface area (TPSA) is 69.4 Å². The van der Waals surface area contributed by atoms with Gasteiger partial charge in [0.05, 0.1) is 11.5 Å². The minimum atomic E-state index is -0.509. The lowest BCUT2D eigenvalue weighted by atomic mass is 9.83. The van der Waals surface area contributed by atoms with E-state index in [0.717, 1.165) is 6.42 Å². The maximum atomic E-state index is 11.2. The molecule has 0 saturated heterocycles. The van der Waals surface area contributed by atoms with Crippen molar-refractivity contribution in [3.8, 4) is 5.75 Å². The number of nitro benzene ring substituents is 1. The molecule has 2 rings (SSSR count). The fourth-order valence-electron chi connectivity index (χ4n) is 2.12. The van der Waals surface area contributed by atoms with Crippen molar-refractivity contribution < 1.29 is 14.5 Å². The van der Waals surface area contributed by atoms with Crippen LogP contribution >= 0.6 is 0 Å². The number of hydrogen-bond acceptors (Lipinski definition) is 4. The lowest BCUT2D eigenvalue weighted by Gasteiger charge is -2.24. The smallest absolute Gasteiger partial charge is 0.311 e. The normalized spacial score (nSPS) is 14.8. The molecule has 0 aromatic heterocycles. The number of ketones is 1. The van der Waals surface area contributed by atoms with Crippen LogP contribution in [0, 0.1) is 16.0 Å². The average Bonchev–Trinajstić information content (AvgIpc) is 2.32. The Labute approximate surface area is 111 Å². The Kier molecular flexibility index (Phi) is 4.14. The summed E-state index contributed by atoms with van der Waals surface area (Å²) >= 11 is 0. The lowest BCUT2D eigenvalue weighted by molar-refractivity contribution is -0.385. The van der Waals surface area contributed by atoms with Gasteiger partial charge in [0.25, 0.3) is 0 Å². The van der Waals surface area contributed by atoms with Crippen molar-refractivity contribution in [3.63, 3.8) is 0 Å². The van der Waals surface area contributed by atoms with Crippen molar-refractivity contribution in [1.82, 2.24) is 0 Å². The zero-order valence-corrected chi connectivity index (χ0v) is 10.9. The van der Waals surface area contributed by atoms with Gasteiger partial charge in [0.1, 0.15) is 0 Å². The van der Waals surface area contributed by atoms with Crippen molar-refractivity contribution in [1.29, 1.82) is 0 Å². The summed E-state index contributed by atoms with van der Waals surface area (Å²) in [6, 6.07) is 4.35. The Hall–Kier alpha value is -1.91. The second kappa shape index (κ2) is 5.82. The molecule has 0 spiro atoms. The van der Waals surface area contributed by atoms with Gasteiger partial charge >= 0.3 is 5.69 Å².